The summed E-state index contributed by atoms with van der Waals surface area (Å²) in [6, 6.07) is 5.66. The first-order valence-corrected chi connectivity index (χ1v) is 11.4. The molecule has 1 aromatic carbocycles. The van der Waals surface area contributed by atoms with E-state index in [0.717, 1.165) is 12.5 Å². The van der Waals surface area contributed by atoms with Crippen LogP contribution in [0.2, 0.25) is 0 Å². The molecule has 1 N–H and O–H groups in total. The first-order valence-electron chi connectivity index (χ1n) is 11.0. The van der Waals surface area contributed by atoms with Crippen molar-refractivity contribution in [3.63, 3.8) is 0 Å². The van der Waals surface area contributed by atoms with Crippen LogP contribution in [-0.2, 0) is 14.3 Å². The van der Waals surface area contributed by atoms with E-state index >= 15 is 0 Å². The fourth-order valence-electron chi connectivity index (χ4n) is 4.29. The Hall–Kier alpha value is -3.91. The van der Waals surface area contributed by atoms with Gasteiger partial charge in [-0.15, -0.1) is 4.98 Å². The van der Waals surface area contributed by atoms with Gasteiger partial charge in [0.1, 0.15) is 24.1 Å². The van der Waals surface area contributed by atoms with Crippen molar-refractivity contribution >= 4 is 52.3 Å². The average molecular weight is 496 g/mol. The third-order valence-electron chi connectivity index (χ3n) is 6.15. The Morgan fingerprint density at radius 1 is 1.31 bits per heavy atom. The van der Waals surface area contributed by atoms with Crippen LogP contribution in [0, 0.1) is 19.3 Å². The number of nitrogens with one attached hydrogen (secondary N) is 1. The van der Waals surface area contributed by atoms with Crippen molar-refractivity contribution in [3.05, 3.63) is 58.8 Å². The van der Waals surface area contributed by atoms with Gasteiger partial charge in [-0.1, -0.05) is 6.57 Å². The molecule has 1 saturated heterocycles. The van der Waals surface area contributed by atoms with Gasteiger partial charge in [-0.2, -0.15) is 0 Å². The number of pyridine rings is 1. The van der Waals surface area contributed by atoms with Crippen LogP contribution in [-0.4, -0.2) is 46.6 Å². The second-order valence-corrected chi connectivity index (χ2v) is 8.61. The third kappa shape index (κ3) is 4.10. The van der Waals surface area contributed by atoms with Gasteiger partial charge < -0.3 is 19.8 Å². The summed E-state index contributed by atoms with van der Waals surface area (Å²) in [5, 5.41) is 2.50. The first kappa shape index (κ1) is 24.2. The number of ether oxygens (including phenoxy) is 1. The van der Waals surface area contributed by atoms with Crippen molar-refractivity contribution in [2.24, 2.45) is 0 Å². The molecule has 35 heavy (non-hydrogen) atoms. The van der Waals surface area contributed by atoms with E-state index in [9.17, 15) is 18.8 Å². The number of benzene rings is 1. The molecule has 0 atom stereocenters. The highest BCUT2D eigenvalue weighted by Gasteiger charge is 2.59. The van der Waals surface area contributed by atoms with Gasteiger partial charge in [0, 0.05) is 5.69 Å². The molecule has 1 spiro atoms. The Balaban J connectivity index is 1.63. The summed E-state index contributed by atoms with van der Waals surface area (Å²) in [6.45, 7) is 10.3. The van der Waals surface area contributed by atoms with Crippen LogP contribution in [0.3, 0.4) is 0 Å². The van der Waals surface area contributed by atoms with Crippen molar-refractivity contribution in [3.8, 4) is 0 Å². The molecule has 11 heteroatoms. The van der Waals surface area contributed by atoms with E-state index in [-0.39, 0.29) is 35.6 Å². The number of rotatable bonds is 6. The molecule has 0 bridgehead atoms. The zero-order chi connectivity index (χ0) is 25.3. The van der Waals surface area contributed by atoms with Crippen molar-refractivity contribution in [2.75, 3.05) is 23.0 Å². The summed E-state index contributed by atoms with van der Waals surface area (Å²) in [5.41, 5.74) is 0.201. The number of aromatic nitrogens is 1. The summed E-state index contributed by atoms with van der Waals surface area (Å²) < 4.78 is 19.7. The molecule has 9 nitrogen and oxygen atoms in total. The Kier molecular flexibility index (Phi) is 6.49. The normalized spacial score (nSPS) is 16.2. The lowest BCUT2D eigenvalue weighted by Crippen LogP contribution is -2.55. The van der Waals surface area contributed by atoms with Crippen molar-refractivity contribution in [1.29, 1.82) is 0 Å². The lowest BCUT2D eigenvalue weighted by molar-refractivity contribution is -0.141. The molecule has 4 rings (SSSR count). The molecule has 2 amide bonds. The van der Waals surface area contributed by atoms with Gasteiger partial charge in [-0.05, 0) is 75.2 Å². The molecule has 2 heterocycles. The van der Waals surface area contributed by atoms with Gasteiger partial charge in [0.2, 0.25) is 0 Å². The summed E-state index contributed by atoms with van der Waals surface area (Å²) in [5.74, 6) is -2.20. The maximum atomic E-state index is 15.0. The number of esters is 1. The Morgan fingerprint density at radius 3 is 2.63 bits per heavy atom. The SMILES string of the molecule is [C-]#[N+]c1ncc(N2C(=O)C3(CCC3)N(c3ccc(C(=O)NCC(=O)OCC)c(F)c3)C2=S)cc1C. The van der Waals surface area contributed by atoms with Crippen molar-refractivity contribution < 1.29 is 23.5 Å². The molecule has 1 aliphatic heterocycles. The molecular weight excluding hydrogens is 473 g/mol. The number of carbonyl (C=O) groups excluding carboxylic acids is 3. The number of carbonyl (C=O) groups is 3. The van der Waals surface area contributed by atoms with E-state index in [1.807, 2.05) is 0 Å². The predicted octanol–water partition coefficient (Wildman–Crippen LogP) is 3.43. The number of thiocarbonyl (C=S) groups is 1. The summed E-state index contributed by atoms with van der Waals surface area (Å²) in [4.78, 5) is 47.8. The zero-order valence-corrected chi connectivity index (χ0v) is 19.9. The number of hydrogen-bond acceptors (Lipinski definition) is 6. The van der Waals surface area contributed by atoms with Crippen molar-refractivity contribution in [1.82, 2.24) is 10.3 Å². The third-order valence-corrected chi connectivity index (χ3v) is 6.51. The Bertz CT molecular complexity index is 1290. The van der Waals surface area contributed by atoms with Gasteiger partial charge in [0.25, 0.3) is 17.6 Å². The highest BCUT2D eigenvalue weighted by molar-refractivity contribution is 7.81. The molecule has 0 radical (unpaired) electrons. The maximum absolute atomic E-state index is 15.0. The predicted molar refractivity (Wildman–Crippen MR) is 130 cm³/mol. The molecule has 1 saturated carbocycles. The number of halogens is 1. The summed E-state index contributed by atoms with van der Waals surface area (Å²) in [6.07, 6.45) is 3.32. The number of nitrogens with zero attached hydrogens (tertiary/aromatic N) is 4. The molecular formula is C24H22FN5O4S. The summed E-state index contributed by atoms with van der Waals surface area (Å²) >= 11 is 5.67. The van der Waals surface area contributed by atoms with Crippen LogP contribution < -0.4 is 15.1 Å². The first-order chi connectivity index (χ1) is 16.7. The van der Waals surface area contributed by atoms with E-state index in [4.69, 9.17) is 23.5 Å². The number of anilines is 2. The number of aryl methyl sites for hydroxylation is 1. The number of amides is 2. The van der Waals surface area contributed by atoms with E-state index in [2.05, 4.69) is 15.1 Å². The smallest absolute Gasteiger partial charge is 0.325 e. The second kappa shape index (κ2) is 9.38. The minimum absolute atomic E-state index is 0.171. The van der Waals surface area contributed by atoms with Crippen LogP contribution in [0.25, 0.3) is 4.85 Å². The molecule has 2 aliphatic rings. The van der Waals surface area contributed by atoms with Crippen LogP contribution in [0.5, 0.6) is 0 Å². The van der Waals surface area contributed by atoms with Crippen molar-refractivity contribution in [2.45, 2.75) is 38.6 Å². The molecule has 1 aromatic heterocycles. The Morgan fingerprint density at radius 2 is 2.06 bits per heavy atom. The van der Waals surface area contributed by atoms with E-state index in [0.29, 0.717) is 29.8 Å². The molecule has 180 valence electrons. The minimum Gasteiger partial charge on any atom is -0.465 e. The lowest BCUT2D eigenvalue weighted by atomic mass is 9.75. The highest BCUT2D eigenvalue weighted by Crippen LogP contribution is 2.48. The second-order valence-electron chi connectivity index (χ2n) is 8.24. The van der Waals surface area contributed by atoms with Gasteiger partial charge in [0.15, 0.2) is 5.11 Å². The highest BCUT2D eigenvalue weighted by atomic mass is 32.1. The van der Waals surface area contributed by atoms with E-state index in [1.165, 1.54) is 23.2 Å². The fourth-order valence-corrected chi connectivity index (χ4v) is 4.76. The summed E-state index contributed by atoms with van der Waals surface area (Å²) in [7, 11) is 0. The standard InChI is InChI=1S/C24H22FN5O4S/c1-4-34-19(31)13-28-21(32)17-7-6-15(11-18(17)25)30-23(35)29(22(33)24(30)8-5-9-24)16-10-14(2)20(26-3)27-12-16/h6-7,10-12H,4-5,8-9,13H2,1-2H3,(H,28,32). The largest absolute Gasteiger partial charge is 0.465 e. The quantitative estimate of drug-likeness (QED) is 0.373. The zero-order valence-electron chi connectivity index (χ0n) is 19.1. The Labute approximate surface area is 206 Å². The van der Waals surface area contributed by atoms with Gasteiger partial charge in [-0.25, -0.2) is 4.39 Å². The molecule has 0 unspecified atom stereocenters. The molecule has 1 aliphatic carbocycles. The topological polar surface area (TPSA) is 96.2 Å². The maximum Gasteiger partial charge on any atom is 0.325 e. The van der Waals surface area contributed by atoms with E-state index in [1.54, 1.807) is 24.8 Å². The van der Waals surface area contributed by atoms with Crippen LogP contribution in [0.4, 0.5) is 21.6 Å². The monoisotopic (exact) mass is 495 g/mol. The van der Waals surface area contributed by atoms with Crippen LogP contribution in [0.15, 0.2) is 30.5 Å². The van der Waals surface area contributed by atoms with Gasteiger partial charge >= 0.3 is 5.97 Å². The van der Waals surface area contributed by atoms with Crippen LogP contribution in [0.1, 0.15) is 42.1 Å². The lowest BCUT2D eigenvalue weighted by Gasteiger charge is -2.43. The fraction of sp³-hybridized carbons (Fsp3) is 0.333. The minimum atomic E-state index is -0.941. The van der Waals surface area contributed by atoms with E-state index < -0.39 is 23.2 Å². The van der Waals surface area contributed by atoms with Crippen LogP contribution >= 0.6 is 12.2 Å². The average Bonchev–Trinajstić information content (AvgIpc) is 3.04. The molecule has 2 fully saturated rings. The molecule has 2 aromatic rings. The number of hydrogen-bond donors (Lipinski definition) is 1. The van der Waals surface area contributed by atoms with Gasteiger partial charge in [-0.3, -0.25) is 19.3 Å². The van der Waals surface area contributed by atoms with Gasteiger partial charge in [0.05, 0.1) is 17.9 Å².